The first-order valence-electron chi connectivity index (χ1n) is 6.64. The van der Waals surface area contributed by atoms with E-state index in [2.05, 4.69) is 5.10 Å². The zero-order valence-corrected chi connectivity index (χ0v) is 13.6. The lowest BCUT2D eigenvalue weighted by molar-refractivity contribution is -0.384. The maximum absolute atomic E-state index is 12.4. The third-order valence-electron chi connectivity index (χ3n) is 3.00. The van der Waals surface area contributed by atoms with Crippen LogP contribution in [-0.4, -0.2) is 26.4 Å². The fraction of sp³-hybridized carbons (Fsp3) is 0. The lowest BCUT2D eigenvalue weighted by Crippen LogP contribution is -2.22. The number of carbonyl (C=O) groups is 1. The zero-order valence-electron chi connectivity index (χ0n) is 12.0. The van der Waals surface area contributed by atoms with E-state index in [1.54, 1.807) is 30.3 Å². The van der Waals surface area contributed by atoms with Crippen LogP contribution in [0.25, 0.3) is 6.08 Å². The first kappa shape index (κ1) is 16.1. The molecule has 0 aliphatic carbocycles. The Kier molecular flexibility index (Phi) is 4.54. The van der Waals surface area contributed by atoms with Gasteiger partial charge in [0, 0.05) is 12.1 Å². The molecule has 120 valence electrons. The Morgan fingerprint density at radius 1 is 1.33 bits per heavy atom. The largest absolute Gasteiger partial charge is 0.463 e. The van der Waals surface area contributed by atoms with Gasteiger partial charge in [-0.05, 0) is 36.0 Å². The molecule has 2 aromatic rings. The number of carbonyl (C=O) groups excluding carboxylic acids is 1. The molecule has 1 aromatic heterocycles. The van der Waals surface area contributed by atoms with Gasteiger partial charge in [0.25, 0.3) is 11.6 Å². The van der Waals surface area contributed by atoms with Crippen LogP contribution in [0, 0.1) is 10.1 Å². The van der Waals surface area contributed by atoms with E-state index in [1.807, 2.05) is 0 Å². The van der Waals surface area contributed by atoms with Crippen LogP contribution < -0.4 is 0 Å². The highest BCUT2D eigenvalue weighted by molar-refractivity contribution is 8.26. The topological polar surface area (TPSA) is 89.0 Å². The zero-order chi connectivity index (χ0) is 17.1. The van der Waals surface area contributed by atoms with Crippen molar-refractivity contribution in [1.29, 1.82) is 0 Å². The molecule has 0 bridgehead atoms. The van der Waals surface area contributed by atoms with Gasteiger partial charge in [-0.1, -0.05) is 23.9 Å². The Balaban J connectivity index is 1.83. The van der Waals surface area contributed by atoms with Crippen molar-refractivity contribution in [3.8, 4) is 0 Å². The SMILES string of the molecule is O=C1/C(=C\c2cccc([N+](=O)[O-])c2)SC(=S)N1/N=C/c1ccco1. The van der Waals surface area contributed by atoms with Crippen LogP contribution in [0.5, 0.6) is 0 Å². The fourth-order valence-electron chi connectivity index (χ4n) is 1.92. The second-order valence-electron chi connectivity index (χ2n) is 4.61. The molecule has 1 aromatic carbocycles. The number of nitrogens with zero attached hydrogens (tertiary/aromatic N) is 3. The third-order valence-corrected chi connectivity index (χ3v) is 4.28. The van der Waals surface area contributed by atoms with Gasteiger partial charge in [-0.2, -0.15) is 10.1 Å². The van der Waals surface area contributed by atoms with E-state index in [0.717, 1.165) is 16.8 Å². The highest BCUT2D eigenvalue weighted by Gasteiger charge is 2.32. The monoisotopic (exact) mass is 359 g/mol. The molecule has 0 atom stereocenters. The molecule has 1 aliphatic heterocycles. The van der Waals surface area contributed by atoms with Gasteiger partial charge < -0.3 is 4.42 Å². The van der Waals surface area contributed by atoms with Crippen LogP contribution in [0.2, 0.25) is 0 Å². The van der Waals surface area contributed by atoms with Crippen molar-refractivity contribution in [2.45, 2.75) is 0 Å². The van der Waals surface area contributed by atoms with Gasteiger partial charge >= 0.3 is 0 Å². The number of hydrazone groups is 1. The van der Waals surface area contributed by atoms with Crippen molar-refractivity contribution in [2.75, 3.05) is 0 Å². The summed E-state index contributed by atoms with van der Waals surface area (Å²) >= 11 is 6.23. The Morgan fingerprint density at radius 2 is 2.17 bits per heavy atom. The quantitative estimate of drug-likeness (QED) is 0.273. The van der Waals surface area contributed by atoms with Gasteiger partial charge in [0.1, 0.15) is 5.76 Å². The number of thiocarbonyl (C=S) groups is 1. The number of furan rings is 1. The van der Waals surface area contributed by atoms with Crippen molar-refractivity contribution in [2.24, 2.45) is 5.10 Å². The minimum Gasteiger partial charge on any atom is -0.463 e. The summed E-state index contributed by atoms with van der Waals surface area (Å²) in [6, 6.07) is 9.40. The molecule has 1 fully saturated rings. The second kappa shape index (κ2) is 6.77. The average Bonchev–Trinajstić information content (AvgIpc) is 3.15. The number of amides is 1. The van der Waals surface area contributed by atoms with Crippen LogP contribution in [0.3, 0.4) is 0 Å². The number of benzene rings is 1. The molecule has 0 N–H and O–H groups in total. The van der Waals surface area contributed by atoms with Crippen LogP contribution in [-0.2, 0) is 4.79 Å². The minimum absolute atomic E-state index is 0.0462. The number of hydrogen-bond acceptors (Lipinski definition) is 7. The summed E-state index contributed by atoms with van der Waals surface area (Å²) in [5, 5.41) is 15.9. The number of hydrogen-bond donors (Lipinski definition) is 0. The molecule has 9 heteroatoms. The van der Waals surface area contributed by atoms with Gasteiger partial charge in [-0.3, -0.25) is 14.9 Å². The maximum Gasteiger partial charge on any atom is 0.286 e. The first-order valence-corrected chi connectivity index (χ1v) is 7.87. The van der Waals surface area contributed by atoms with E-state index in [4.69, 9.17) is 16.6 Å². The van der Waals surface area contributed by atoms with Crippen LogP contribution in [0.1, 0.15) is 11.3 Å². The Hall–Kier alpha value is -2.78. The summed E-state index contributed by atoms with van der Waals surface area (Å²) in [7, 11) is 0. The first-order chi connectivity index (χ1) is 11.5. The van der Waals surface area contributed by atoms with Crippen LogP contribution in [0.4, 0.5) is 5.69 Å². The second-order valence-corrected chi connectivity index (χ2v) is 6.28. The van der Waals surface area contributed by atoms with Gasteiger partial charge in [0.05, 0.1) is 22.3 Å². The number of thioether (sulfide) groups is 1. The lowest BCUT2D eigenvalue weighted by Gasteiger charge is -2.05. The summed E-state index contributed by atoms with van der Waals surface area (Å²) in [5.74, 6) is 0.103. The number of rotatable bonds is 4. The molecule has 0 radical (unpaired) electrons. The minimum atomic E-state index is -0.490. The van der Waals surface area contributed by atoms with E-state index < -0.39 is 4.92 Å². The summed E-state index contributed by atoms with van der Waals surface area (Å²) in [5.41, 5.74) is 0.495. The van der Waals surface area contributed by atoms with Crippen molar-refractivity contribution in [3.05, 3.63) is 69.0 Å². The van der Waals surface area contributed by atoms with Crippen LogP contribution >= 0.6 is 24.0 Å². The smallest absolute Gasteiger partial charge is 0.286 e. The number of nitro groups is 1. The van der Waals surface area contributed by atoms with Crippen molar-refractivity contribution >= 4 is 52.2 Å². The molecule has 7 nitrogen and oxygen atoms in total. The Labute approximate surface area is 145 Å². The highest BCUT2D eigenvalue weighted by atomic mass is 32.2. The molecular formula is C15H9N3O4S2. The fourth-order valence-corrected chi connectivity index (χ4v) is 3.09. The van der Waals surface area contributed by atoms with Crippen LogP contribution in [0.15, 0.2) is 57.1 Å². The van der Waals surface area contributed by atoms with Crippen molar-refractivity contribution < 1.29 is 14.1 Å². The molecule has 0 unspecified atom stereocenters. The van der Waals surface area contributed by atoms with E-state index in [9.17, 15) is 14.9 Å². The number of non-ortho nitro benzene ring substituents is 1. The average molecular weight is 359 g/mol. The molecule has 1 saturated heterocycles. The standard InChI is InChI=1S/C15H9N3O4S2/c19-14-13(8-10-3-1-4-11(7-10)18(20)21)24-15(23)17(14)16-9-12-5-2-6-22-12/h1-9H/b13-8+,16-9+. The third kappa shape index (κ3) is 3.42. The predicted molar refractivity (Wildman–Crippen MR) is 94.4 cm³/mol. The van der Waals surface area contributed by atoms with E-state index in [-0.39, 0.29) is 15.9 Å². The van der Waals surface area contributed by atoms with Gasteiger partial charge in [-0.25, -0.2) is 0 Å². The van der Waals surface area contributed by atoms with E-state index in [1.165, 1.54) is 24.6 Å². The lowest BCUT2D eigenvalue weighted by atomic mass is 10.2. The van der Waals surface area contributed by atoms with Gasteiger partial charge in [0.2, 0.25) is 0 Å². The summed E-state index contributed by atoms with van der Waals surface area (Å²) < 4.78 is 5.38. The number of nitro benzene ring substituents is 1. The van der Waals surface area contributed by atoms with E-state index >= 15 is 0 Å². The van der Waals surface area contributed by atoms with Gasteiger partial charge in [-0.15, -0.1) is 0 Å². The summed E-state index contributed by atoms with van der Waals surface area (Å²) in [6.07, 6.45) is 4.43. The summed E-state index contributed by atoms with van der Waals surface area (Å²) in [4.78, 5) is 23.0. The molecule has 0 spiro atoms. The Bertz CT molecular complexity index is 875. The highest BCUT2D eigenvalue weighted by Crippen LogP contribution is 2.33. The van der Waals surface area contributed by atoms with Crippen molar-refractivity contribution in [3.63, 3.8) is 0 Å². The van der Waals surface area contributed by atoms with E-state index in [0.29, 0.717) is 16.2 Å². The molecular weight excluding hydrogens is 350 g/mol. The molecule has 24 heavy (non-hydrogen) atoms. The molecule has 3 rings (SSSR count). The maximum atomic E-state index is 12.4. The normalized spacial score (nSPS) is 16.5. The van der Waals surface area contributed by atoms with Crippen molar-refractivity contribution in [1.82, 2.24) is 5.01 Å². The molecule has 1 aliphatic rings. The molecule has 0 saturated carbocycles. The Morgan fingerprint density at radius 3 is 2.88 bits per heavy atom. The molecule has 1 amide bonds. The summed E-state index contributed by atoms with van der Waals surface area (Å²) in [6.45, 7) is 0. The predicted octanol–water partition coefficient (Wildman–Crippen LogP) is 3.42. The van der Waals surface area contributed by atoms with Gasteiger partial charge in [0.15, 0.2) is 4.32 Å². The molecule has 2 heterocycles.